The summed E-state index contributed by atoms with van der Waals surface area (Å²) < 4.78 is 2.45. The zero-order chi connectivity index (χ0) is 19.1. The minimum atomic E-state index is 0.293. The maximum Gasteiger partial charge on any atom is 0.274 e. The van der Waals surface area contributed by atoms with Crippen molar-refractivity contribution in [3.63, 3.8) is 0 Å². The Bertz CT molecular complexity index is 1220. The smallest absolute Gasteiger partial charge is 0.274 e. The molecule has 9 nitrogen and oxygen atoms in total. The number of pyridine rings is 1. The Kier molecular flexibility index (Phi) is 4.21. The molecule has 0 saturated heterocycles. The van der Waals surface area contributed by atoms with E-state index < -0.39 is 0 Å². The molecule has 1 aliphatic rings. The van der Waals surface area contributed by atoms with E-state index in [4.69, 9.17) is 10.8 Å². The molecule has 10 heteroatoms. The summed E-state index contributed by atoms with van der Waals surface area (Å²) >= 11 is 3.53. The number of halogens is 1. The van der Waals surface area contributed by atoms with Crippen molar-refractivity contribution in [1.29, 1.82) is 0 Å². The van der Waals surface area contributed by atoms with E-state index in [0.29, 0.717) is 24.0 Å². The maximum absolute atomic E-state index is 5.27. The van der Waals surface area contributed by atoms with E-state index in [0.717, 1.165) is 40.6 Å². The summed E-state index contributed by atoms with van der Waals surface area (Å²) in [5, 5.41) is 12.8. The van der Waals surface area contributed by atoms with Crippen molar-refractivity contribution < 1.29 is 0 Å². The number of aromatic nitrogens is 5. The van der Waals surface area contributed by atoms with E-state index >= 15 is 0 Å². The van der Waals surface area contributed by atoms with Crippen molar-refractivity contribution in [3.05, 3.63) is 58.1 Å². The number of para-hydroxylation sites is 1. The average Bonchev–Trinajstić information content (AvgIpc) is 3.13. The van der Waals surface area contributed by atoms with Crippen LogP contribution in [0.3, 0.4) is 0 Å². The van der Waals surface area contributed by atoms with Crippen LogP contribution < -0.4 is 5.84 Å². The fraction of sp³-hybridized carbons (Fsp3) is 0.222. The third kappa shape index (κ3) is 2.90. The Labute approximate surface area is 168 Å². The van der Waals surface area contributed by atoms with E-state index in [1.165, 1.54) is 5.56 Å². The fourth-order valence-corrected chi connectivity index (χ4v) is 4.01. The van der Waals surface area contributed by atoms with Gasteiger partial charge in [0.05, 0.1) is 17.8 Å². The van der Waals surface area contributed by atoms with Gasteiger partial charge in [0.1, 0.15) is 0 Å². The lowest BCUT2D eigenvalue weighted by atomic mass is 10.1. The third-order valence-electron chi connectivity index (χ3n) is 4.85. The van der Waals surface area contributed by atoms with Gasteiger partial charge in [-0.05, 0) is 46.1 Å². The minimum Gasteiger partial charge on any atom is -0.304 e. The van der Waals surface area contributed by atoms with Gasteiger partial charge in [-0.1, -0.05) is 22.5 Å². The van der Waals surface area contributed by atoms with E-state index in [1.54, 1.807) is 4.52 Å². The molecule has 4 heterocycles. The number of nitrogens with two attached hydrogens (primary N) is 1. The molecule has 28 heavy (non-hydrogen) atoms. The summed E-state index contributed by atoms with van der Waals surface area (Å²) in [6, 6.07) is 9.96. The first-order valence-electron chi connectivity index (χ1n) is 8.83. The topological polar surface area (TPSA) is 110 Å². The summed E-state index contributed by atoms with van der Waals surface area (Å²) in [6.45, 7) is 2.34. The quantitative estimate of drug-likeness (QED) is 0.299. The van der Waals surface area contributed by atoms with E-state index in [2.05, 4.69) is 52.3 Å². The lowest BCUT2D eigenvalue weighted by Gasteiger charge is -2.26. The molecule has 0 radical (unpaired) electrons. The van der Waals surface area contributed by atoms with Gasteiger partial charge in [0, 0.05) is 29.1 Å². The number of nitrogens with zero attached hydrogens (tertiary/aromatic N) is 8. The van der Waals surface area contributed by atoms with Crippen LogP contribution in [-0.4, -0.2) is 36.0 Å². The lowest BCUT2D eigenvalue weighted by Crippen LogP contribution is -2.31. The second-order valence-electron chi connectivity index (χ2n) is 6.60. The van der Waals surface area contributed by atoms with Crippen molar-refractivity contribution in [2.45, 2.75) is 19.5 Å². The second kappa shape index (κ2) is 6.88. The molecule has 140 valence electrons. The van der Waals surface area contributed by atoms with Crippen LogP contribution in [-0.2, 0) is 19.5 Å². The predicted molar refractivity (Wildman–Crippen MR) is 107 cm³/mol. The van der Waals surface area contributed by atoms with Crippen LogP contribution in [0, 0.1) is 0 Å². The molecule has 0 amide bonds. The molecule has 0 saturated carbocycles. The Morgan fingerprint density at radius 1 is 1.18 bits per heavy atom. The molecular formula is C18H16BrN9. The highest BCUT2D eigenvalue weighted by Crippen LogP contribution is 2.28. The van der Waals surface area contributed by atoms with Crippen LogP contribution in [0.5, 0.6) is 0 Å². The highest BCUT2D eigenvalue weighted by Gasteiger charge is 2.20. The zero-order valence-electron chi connectivity index (χ0n) is 14.8. The van der Waals surface area contributed by atoms with Crippen molar-refractivity contribution in [2.24, 2.45) is 16.2 Å². The monoisotopic (exact) mass is 437 g/mol. The average molecular weight is 438 g/mol. The lowest BCUT2D eigenvalue weighted by molar-refractivity contribution is 0.236. The number of fused-ring (bicyclic) bond motifs is 4. The highest BCUT2D eigenvalue weighted by molar-refractivity contribution is 9.10. The third-order valence-corrected chi connectivity index (χ3v) is 5.49. The van der Waals surface area contributed by atoms with Gasteiger partial charge in [-0.15, -0.1) is 5.10 Å². The highest BCUT2D eigenvalue weighted by atomic mass is 79.9. The molecule has 0 bridgehead atoms. The van der Waals surface area contributed by atoms with Crippen LogP contribution in [0.2, 0.25) is 0 Å². The first kappa shape index (κ1) is 17.1. The summed E-state index contributed by atoms with van der Waals surface area (Å²) in [6.07, 6.45) is 2.81. The number of benzene rings is 1. The Hall–Kier alpha value is -2.98. The molecule has 3 aromatic heterocycles. The molecule has 0 aliphatic carbocycles. The van der Waals surface area contributed by atoms with Crippen LogP contribution in [0.15, 0.2) is 51.3 Å². The van der Waals surface area contributed by atoms with E-state index in [9.17, 15) is 0 Å². The van der Waals surface area contributed by atoms with Crippen molar-refractivity contribution in [2.75, 3.05) is 6.54 Å². The zero-order valence-corrected chi connectivity index (χ0v) is 16.4. The molecule has 0 fully saturated rings. The van der Waals surface area contributed by atoms with Crippen LogP contribution in [0.1, 0.15) is 17.1 Å². The standard InChI is InChI=1S/C18H16BrN9/c19-13-5-1-4-12-16(13)23-18(24-26-20)28-17(12)22-15(25-28)10-27-8-6-11-3-2-7-21-14(11)9-27/h1-5,7H,6,8-10H2,(H2,20,23,24). The van der Waals surface area contributed by atoms with Gasteiger partial charge in [0.25, 0.3) is 5.95 Å². The summed E-state index contributed by atoms with van der Waals surface area (Å²) in [5.74, 6) is 6.25. The molecular weight excluding hydrogens is 422 g/mol. The number of hydrogen-bond acceptors (Lipinski definition) is 7. The summed E-state index contributed by atoms with van der Waals surface area (Å²) in [7, 11) is 0. The molecule has 1 aromatic carbocycles. The van der Waals surface area contributed by atoms with Gasteiger partial charge < -0.3 is 5.84 Å². The second-order valence-corrected chi connectivity index (χ2v) is 7.45. The Morgan fingerprint density at radius 2 is 2.11 bits per heavy atom. The molecule has 0 spiro atoms. The largest absolute Gasteiger partial charge is 0.304 e. The van der Waals surface area contributed by atoms with Crippen LogP contribution in [0.4, 0.5) is 5.95 Å². The Morgan fingerprint density at radius 3 is 3.00 bits per heavy atom. The van der Waals surface area contributed by atoms with Gasteiger partial charge in [0.15, 0.2) is 11.5 Å². The first-order valence-corrected chi connectivity index (χ1v) is 9.62. The van der Waals surface area contributed by atoms with Crippen molar-refractivity contribution in [3.8, 4) is 0 Å². The van der Waals surface area contributed by atoms with Crippen LogP contribution in [0.25, 0.3) is 16.6 Å². The molecule has 0 atom stereocenters. The minimum absolute atomic E-state index is 0.293. The normalized spacial score (nSPS) is 14.9. The van der Waals surface area contributed by atoms with Crippen molar-refractivity contribution in [1.82, 2.24) is 29.5 Å². The predicted octanol–water partition coefficient (Wildman–Crippen LogP) is 2.95. The van der Waals surface area contributed by atoms with Gasteiger partial charge in [-0.3, -0.25) is 9.88 Å². The van der Waals surface area contributed by atoms with Gasteiger partial charge in [0.2, 0.25) is 0 Å². The van der Waals surface area contributed by atoms with Gasteiger partial charge >= 0.3 is 0 Å². The molecule has 1 aliphatic heterocycles. The summed E-state index contributed by atoms with van der Waals surface area (Å²) in [5.41, 5.74) is 3.85. The van der Waals surface area contributed by atoms with Crippen LogP contribution >= 0.6 is 15.9 Å². The van der Waals surface area contributed by atoms with E-state index in [1.807, 2.05) is 30.5 Å². The van der Waals surface area contributed by atoms with Crippen molar-refractivity contribution >= 4 is 38.4 Å². The molecule has 2 N–H and O–H groups in total. The Balaban J connectivity index is 1.55. The number of rotatable bonds is 3. The molecule has 0 unspecified atom stereocenters. The summed E-state index contributed by atoms with van der Waals surface area (Å²) in [4.78, 5) is 16.1. The number of hydrogen-bond donors (Lipinski definition) is 1. The first-order chi connectivity index (χ1) is 13.7. The molecule has 5 rings (SSSR count). The molecule has 4 aromatic rings. The van der Waals surface area contributed by atoms with E-state index in [-0.39, 0.29) is 0 Å². The van der Waals surface area contributed by atoms with Gasteiger partial charge in [-0.25, -0.2) is 9.97 Å². The van der Waals surface area contributed by atoms with Gasteiger partial charge in [-0.2, -0.15) is 4.52 Å². The SMILES string of the molecule is NN=Nc1nc2c(Br)cccc2c2nc(CN3CCc4cccnc4C3)nn12. The fourth-order valence-electron chi connectivity index (χ4n) is 3.55. The maximum atomic E-state index is 5.27.